The summed E-state index contributed by atoms with van der Waals surface area (Å²) in [6, 6.07) is 8.47. The Labute approximate surface area is 218 Å². The van der Waals surface area contributed by atoms with Crippen LogP contribution < -0.4 is 0 Å². The molecule has 1 aliphatic heterocycles. The van der Waals surface area contributed by atoms with Crippen LogP contribution in [0.2, 0.25) is 0 Å². The summed E-state index contributed by atoms with van der Waals surface area (Å²) in [6.45, 7) is 0.542. The van der Waals surface area contributed by atoms with Crippen molar-refractivity contribution in [1.29, 1.82) is 0 Å². The van der Waals surface area contributed by atoms with E-state index < -0.39 is 16.7 Å². The van der Waals surface area contributed by atoms with Gasteiger partial charge in [0.2, 0.25) is 0 Å². The number of fused-ring (bicyclic) bond motifs is 3. The molecule has 0 radical (unpaired) electrons. The number of hydrogen-bond donors (Lipinski definition) is 0. The van der Waals surface area contributed by atoms with Crippen molar-refractivity contribution in [2.24, 2.45) is 13.0 Å². The highest BCUT2D eigenvalue weighted by molar-refractivity contribution is 7.90. The quantitative estimate of drug-likeness (QED) is 0.339. The zero-order valence-corrected chi connectivity index (χ0v) is 21.5. The molecule has 1 aromatic carbocycles. The van der Waals surface area contributed by atoms with E-state index in [1.807, 2.05) is 19.1 Å². The predicted molar refractivity (Wildman–Crippen MR) is 138 cm³/mol. The van der Waals surface area contributed by atoms with Gasteiger partial charge in [-0.05, 0) is 56.8 Å². The first kappa shape index (κ1) is 20.5. The lowest BCUT2D eigenvalue weighted by Gasteiger charge is -2.31. The Bertz CT molecular complexity index is 1850. The lowest BCUT2D eigenvalue weighted by Crippen LogP contribution is -2.27. The van der Waals surface area contributed by atoms with Crippen molar-refractivity contribution in [2.45, 2.75) is 37.6 Å². The summed E-state index contributed by atoms with van der Waals surface area (Å²) in [7, 11) is -1.86. The smallest absolute Gasteiger partial charge is 0.175 e. The highest BCUT2D eigenvalue weighted by Crippen LogP contribution is 2.41. The van der Waals surface area contributed by atoms with E-state index in [9.17, 15) is 8.42 Å². The van der Waals surface area contributed by atoms with Crippen molar-refractivity contribution in [3.05, 3.63) is 53.7 Å². The lowest BCUT2D eigenvalue weighted by atomic mass is 9.89. The maximum Gasteiger partial charge on any atom is 0.175 e. The first-order valence-electron chi connectivity index (χ1n) is 13.5. The van der Waals surface area contributed by atoms with Gasteiger partial charge < -0.3 is 13.8 Å². The van der Waals surface area contributed by atoms with Crippen LogP contribution in [-0.2, 0) is 21.6 Å². The second-order valence-electron chi connectivity index (χ2n) is 9.58. The molecule has 6 rings (SSSR count). The van der Waals surface area contributed by atoms with Gasteiger partial charge in [-0.3, -0.25) is 4.98 Å². The van der Waals surface area contributed by atoms with E-state index in [1.54, 1.807) is 31.4 Å². The molecule has 0 spiro atoms. The molecule has 1 atom stereocenters. The third-order valence-electron chi connectivity index (χ3n) is 7.08. The van der Waals surface area contributed by atoms with E-state index in [1.165, 1.54) is 10.9 Å². The van der Waals surface area contributed by atoms with Gasteiger partial charge >= 0.3 is 0 Å². The number of ether oxygens (including phenoxy) is 1. The fraction of sp³-hybridized carbons (Fsp3) is 0.385. The monoisotopic (exact) mass is 523 g/mol. The van der Waals surface area contributed by atoms with E-state index in [0.29, 0.717) is 52.5 Å². The van der Waals surface area contributed by atoms with Crippen molar-refractivity contribution < 1.29 is 21.8 Å². The molecule has 0 amide bonds. The summed E-state index contributed by atoms with van der Waals surface area (Å²) in [5, 5.41) is 13.1. The first-order valence-corrected chi connectivity index (χ1v) is 13.9. The standard InChI is InChI=1S/C26H28N6O4S/c1-15-11-21(29-36-15)26(17-7-9-35-10-8-17)32-22-13-19(37(4,33)34)5-6-20(22)24-23(32)12-18(14-27-24)25-16(2)28-30-31(25)3/h5-6,11-14,17,26H,7-10H2,1-4H3/i2D3. The Morgan fingerprint density at radius 2 is 1.97 bits per heavy atom. The van der Waals surface area contributed by atoms with Crippen molar-refractivity contribution >= 4 is 31.8 Å². The van der Waals surface area contributed by atoms with Crippen LogP contribution in [-0.4, -0.2) is 57.6 Å². The Hall–Kier alpha value is -3.57. The summed E-state index contributed by atoms with van der Waals surface area (Å²) >= 11 is 0. The number of nitrogens with zero attached hydrogens (tertiary/aromatic N) is 6. The van der Waals surface area contributed by atoms with Crippen LogP contribution in [0.15, 0.2) is 45.9 Å². The number of aromatic nitrogens is 6. The van der Waals surface area contributed by atoms with Crippen molar-refractivity contribution in [1.82, 2.24) is 29.7 Å². The van der Waals surface area contributed by atoms with Gasteiger partial charge in [-0.1, -0.05) is 10.4 Å². The largest absolute Gasteiger partial charge is 0.381 e. The van der Waals surface area contributed by atoms with Crippen LogP contribution in [0.3, 0.4) is 0 Å². The fourth-order valence-electron chi connectivity index (χ4n) is 5.37. The molecule has 4 aromatic heterocycles. The van der Waals surface area contributed by atoms with Gasteiger partial charge in [0, 0.05) is 53.8 Å². The molecule has 11 heteroatoms. The van der Waals surface area contributed by atoms with Crippen molar-refractivity contribution in [3.63, 3.8) is 0 Å². The second-order valence-corrected chi connectivity index (χ2v) is 11.6. The van der Waals surface area contributed by atoms with Crippen LogP contribution in [0.4, 0.5) is 0 Å². The lowest BCUT2D eigenvalue weighted by molar-refractivity contribution is 0.0543. The molecule has 0 saturated carbocycles. The summed E-state index contributed by atoms with van der Waals surface area (Å²) in [6.07, 6.45) is 4.32. The molecule has 1 unspecified atom stereocenters. The van der Waals surface area contributed by atoms with E-state index >= 15 is 0 Å². The average Bonchev–Trinajstić information content (AvgIpc) is 3.59. The molecular weight excluding hydrogens is 492 g/mol. The molecule has 0 N–H and O–H groups in total. The van der Waals surface area contributed by atoms with Crippen LogP contribution in [0.5, 0.6) is 0 Å². The Balaban J connectivity index is 1.70. The topological polar surface area (TPSA) is 118 Å². The van der Waals surface area contributed by atoms with Crippen LogP contribution in [0.1, 0.15) is 40.1 Å². The summed E-state index contributed by atoms with van der Waals surface area (Å²) in [5.41, 5.74) is 3.49. The molecule has 192 valence electrons. The number of pyridine rings is 1. The predicted octanol–water partition coefficient (Wildman–Crippen LogP) is 4.01. The molecule has 5 heterocycles. The van der Waals surface area contributed by atoms with Gasteiger partial charge in [-0.15, -0.1) is 5.10 Å². The SMILES string of the molecule is [2H]C([2H])([2H])c1nnn(C)c1-c1cnc2c3ccc(S(C)(=O)=O)cc3n(C(c3cc(C)on3)C3CCOCC3)c2c1. The van der Waals surface area contributed by atoms with Gasteiger partial charge in [0.05, 0.1) is 38.9 Å². The number of rotatable bonds is 5. The third kappa shape index (κ3) is 4.02. The zero-order chi connectivity index (χ0) is 28.4. The van der Waals surface area contributed by atoms with Crippen LogP contribution in [0, 0.1) is 19.7 Å². The van der Waals surface area contributed by atoms with Crippen molar-refractivity contribution in [2.75, 3.05) is 19.5 Å². The maximum atomic E-state index is 12.6. The molecule has 37 heavy (non-hydrogen) atoms. The first-order chi connectivity index (χ1) is 18.9. The molecule has 0 aliphatic carbocycles. The fourth-order valence-corrected chi connectivity index (χ4v) is 6.01. The molecule has 10 nitrogen and oxygen atoms in total. The van der Waals surface area contributed by atoms with Crippen LogP contribution in [0.25, 0.3) is 33.2 Å². The normalized spacial score (nSPS) is 17.6. The van der Waals surface area contributed by atoms with E-state index in [0.717, 1.165) is 18.2 Å². The van der Waals surface area contributed by atoms with Gasteiger partial charge in [-0.2, -0.15) is 0 Å². The van der Waals surface area contributed by atoms with Crippen LogP contribution >= 0.6 is 0 Å². The highest BCUT2D eigenvalue weighted by Gasteiger charge is 2.32. The van der Waals surface area contributed by atoms with Gasteiger partial charge in [0.1, 0.15) is 11.5 Å². The Morgan fingerprint density at radius 3 is 2.68 bits per heavy atom. The number of hydrogen-bond acceptors (Lipinski definition) is 8. The summed E-state index contributed by atoms with van der Waals surface area (Å²) in [4.78, 5) is 4.96. The number of benzene rings is 1. The minimum absolute atomic E-state index is 0.110. The number of sulfone groups is 1. The highest BCUT2D eigenvalue weighted by atomic mass is 32.2. The van der Waals surface area contributed by atoms with Gasteiger partial charge in [0.15, 0.2) is 9.84 Å². The third-order valence-corrected chi connectivity index (χ3v) is 8.19. The van der Waals surface area contributed by atoms with E-state index in [4.69, 9.17) is 18.4 Å². The van der Waals surface area contributed by atoms with E-state index in [2.05, 4.69) is 20.0 Å². The van der Waals surface area contributed by atoms with Crippen molar-refractivity contribution in [3.8, 4) is 11.3 Å². The molecule has 5 aromatic rings. The second kappa shape index (κ2) is 8.77. The minimum atomic E-state index is -3.50. The molecule has 1 aliphatic rings. The minimum Gasteiger partial charge on any atom is -0.381 e. The van der Waals surface area contributed by atoms with Gasteiger partial charge in [0.25, 0.3) is 0 Å². The maximum absolute atomic E-state index is 12.6. The Kier molecular flexibility index (Phi) is 4.86. The van der Waals surface area contributed by atoms with Gasteiger partial charge in [-0.25, -0.2) is 13.1 Å². The molecule has 0 bridgehead atoms. The van der Waals surface area contributed by atoms with E-state index in [-0.39, 0.29) is 22.5 Å². The summed E-state index contributed by atoms with van der Waals surface area (Å²) in [5.74, 6) is 0.769. The average molecular weight is 524 g/mol. The summed E-state index contributed by atoms with van der Waals surface area (Å²) < 4.78 is 63.7. The molecule has 1 fully saturated rings. The molecule has 1 saturated heterocycles. The Morgan fingerprint density at radius 1 is 1.16 bits per heavy atom. The number of aryl methyl sites for hydroxylation is 3. The zero-order valence-electron chi connectivity index (χ0n) is 23.7. The molecular formula is C26H28N6O4S.